The van der Waals surface area contributed by atoms with Crippen molar-refractivity contribution in [2.45, 2.75) is 20.8 Å². The summed E-state index contributed by atoms with van der Waals surface area (Å²) in [5.74, 6) is 0. The lowest BCUT2D eigenvalue weighted by Crippen LogP contribution is -2.36. The summed E-state index contributed by atoms with van der Waals surface area (Å²) >= 11 is 0. The van der Waals surface area contributed by atoms with Gasteiger partial charge in [-0.05, 0) is 13.6 Å². The van der Waals surface area contributed by atoms with Crippen molar-refractivity contribution in [1.29, 1.82) is 0 Å². The molecule has 2 N–H and O–H groups in total. The van der Waals surface area contributed by atoms with Crippen LogP contribution in [-0.2, 0) is 0 Å². The summed E-state index contributed by atoms with van der Waals surface area (Å²) in [6, 6.07) is 0. The van der Waals surface area contributed by atoms with Gasteiger partial charge < -0.3 is 15.3 Å². The Bertz CT molecular complexity index is 126. The average molecular weight is 188 g/mol. The van der Waals surface area contributed by atoms with Crippen LogP contribution in [0, 0.1) is 5.41 Å². The average Bonchev–Trinajstić information content (AvgIpc) is 2.12. The summed E-state index contributed by atoms with van der Waals surface area (Å²) in [4.78, 5) is 2.26. The van der Waals surface area contributed by atoms with E-state index in [4.69, 9.17) is 5.11 Å². The molecule has 13 heavy (non-hydrogen) atoms. The number of nitrogens with zero attached hydrogens (tertiary/aromatic N) is 1. The van der Waals surface area contributed by atoms with Crippen LogP contribution in [-0.4, -0.2) is 49.8 Å². The van der Waals surface area contributed by atoms with Crippen LogP contribution in [0.4, 0.5) is 0 Å². The molecule has 0 fully saturated rings. The molecule has 0 amide bonds. The zero-order valence-electron chi connectivity index (χ0n) is 9.43. The number of likely N-dealkylation sites (N-methyl/N-ethyl adjacent to an activating group) is 1. The van der Waals surface area contributed by atoms with Crippen LogP contribution in [0.25, 0.3) is 0 Å². The van der Waals surface area contributed by atoms with Gasteiger partial charge in [0.15, 0.2) is 0 Å². The molecule has 0 spiro atoms. The molecular formula is C10H24N2O. The largest absolute Gasteiger partial charge is 0.396 e. The summed E-state index contributed by atoms with van der Waals surface area (Å²) < 4.78 is 0. The molecule has 0 radical (unpaired) electrons. The number of nitrogens with one attached hydrogen (secondary N) is 1. The molecule has 0 saturated heterocycles. The molecule has 0 aromatic carbocycles. The second-order valence-corrected chi connectivity index (χ2v) is 4.40. The van der Waals surface area contributed by atoms with E-state index in [0.29, 0.717) is 0 Å². The minimum Gasteiger partial charge on any atom is -0.396 e. The van der Waals surface area contributed by atoms with E-state index in [9.17, 15) is 0 Å². The molecule has 0 heterocycles. The van der Waals surface area contributed by atoms with Crippen molar-refractivity contribution in [3.8, 4) is 0 Å². The Morgan fingerprint density at radius 1 is 1.38 bits per heavy atom. The predicted octanol–water partition coefficient (Wildman–Crippen LogP) is 0.546. The van der Waals surface area contributed by atoms with Crippen LogP contribution < -0.4 is 5.32 Å². The Morgan fingerprint density at radius 3 is 2.46 bits per heavy atom. The van der Waals surface area contributed by atoms with Crippen molar-refractivity contribution in [3.05, 3.63) is 0 Å². The fourth-order valence-electron chi connectivity index (χ4n) is 0.911. The van der Waals surface area contributed by atoms with E-state index in [0.717, 1.165) is 26.2 Å². The van der Waals surface area contributed by atoms with Crippen molar-refractivity contribution in [2.75, 3.05) is 39.8 Å². The van der Waals surface area contributed by atoms with Crippen LogP contribution in [0.1, 0.15) is 20.8 Å². The summed E-state index contributed by atoms with van der Waals surface area (Å²) in [6.07, 6.45) is 0. The van der Waals surface area contributed by atoms with Gasteiger partial charge in [-0.1, -0.05) is 20.8 Å². The number of aliphatic hydroxyl groups is 1. The predicted molar refractivity (Wildman–Crippen MR) is 56.9 cm³/mol. The maximum atomic E-state index is 9.00. The first-order valence-corrected chi connectivity index (χ1v) is 5.02. The zero-order chi connectivity index (χ0) is 10.3. The van der Waals surface area contributed by atoms with Gasteiger partial charge in [-0.2, -0.15) is 0 Å². The molecule has 3 nitrogen and oxygen atoms in total. The molecule has 0 aromatic heterocycles. The highest BCUT2D eigenvalue weighted by atomic mass is 16.3. The summed E-state index contributed by atoms with van der Waals surface area (Å²) in [6.45, 7) is 10.5. The van der Waals surface area contributed by atoms with Crippen molar-refractivity contribution in [1.82, 2.24) is 10.2 Å². The molecule has 80 valence electrons. The fraction of sp³-hybridized carbons (Fsp3) is 1.00. The van der Waals surface area contributed by atoms with Crippen LogP contribution in [0.3, 0.4) is 0 Å². The molecule has 0 bridgehead atoms. The minimum absolute atomic E-state index is 0.00475. The number of hydrogen-bond acceptors (Lipinski definition) is 3. The van der Waals surface area contributed by atoms with Gasteiger partial charge in [-0.3, -0.25) is 0 Å². The SMILES string of the molecule is CCN(C)CCNCC(C)(C)CO. The highest BCUT2D eigenvalue weighted by Gasteiger charge is 2.14. The first-order valence-electron chi connectivity index (χ1n) is 5.02. The molecule has 0 aliphatic heterocycles. The molecule has 0 rings (SSSR count). The van der Waals surface area contributed by atoms with E-state index in [1.807, 2.05) is 0 Å². The second-order valence-electron chi connectivity index (χ2n) is 4.40. The maximum absolute atomic E-state index is 9.00. The summed E-state index contributed by atoms with van der Waals surface area (Å²) in [5, 5.41) is 12.3. The van der Waals surface area contributed by atoms with Gasteiger partial charge in [0.1, 0.15) is 0 Å². The third-order valence-corrected chi connectivity index (χ3v) is 2.24. The van der Waals surface area contributed by atoms with Gasteiger partial charge in [0.2, 0.25) is 0 Å². The third kappa shape index (κ3) is 6.99. The number of rotatable bonds is 7. The van der Waals surface area contributed by atoms with Gasteiger partial charge in [0.05, 0.1) is 0 Å². The van der Waals surface area contributed by atoms with E-state index in [-0.39, 0.29) is 12.0 Å². The molecule has 0 saturated carbocycles. The molecule has 0 atom stereocenters. The third-order valence-electron chi connectivity index (χ3n) is 2.24. The topological polar surface area (TPSA) is 35.5 Å². The highest BCUT2D eigenvalue weighted by Crippen LogP contribution is 2.10. The van der Waals surface area contributed by atoms with E-state index >= 15 is 0 Å². The smallest absolute Gasteiger partial charge is 0.0494 e. The van der Waals surface area contributed by atoms with Crippen molar-refractivity contribution >= 4 is 0 Å². The van der Waals surface area contributed by atoms with Crippen molar-refractivity contribution in [2.24, 2.45) is 5.41 Å². The van der Waals surface area contributed by atoms with Crippen molar-refractivity contribution in [3.63, 3.8) is 0 Å². The van der Waals surface area contributed by atoms with E-state index in [1.165, 1.54) is 0 Å². The first kappa shape index (κ1) is 12.9. The standard InChI is InChI=1S/C10H24N2O/c1-5-12(4)7-6-11-8-10(2,3)9-13/h11,13H,5-9H2,1-4H3. The van der Waals surface area contributed by atoms with E-state index < -0.39 is 0 Å². The van der Waals surface area contributed by atoms with Gasteiger partial charge >= 0.3 is 0 Å². The Kier molecular flexibility index (Phi) is 6.29. The quantitative estimate of drug-likeness (QED) is 0.573. The maximum Gasteiger partial charge on any atom is 0.0494 e. The zero-order valence-corrected chi connectivity index (χ0v) is 9.43. The molecule has 0 aliphatic rings. The molecule has 0 unspecified atom stereocenters. The van der Waals surface area contributed by atoms with Gasteiger partial charge in [0, 0.05) is 31.7 Å². The lowest BCUT2D eigenvalue weighted by atomic mass is 9.95. The molecule has 3 heteroatoms. The van der Waals surface area contributed by atoms with E-state index in [1.54, 1.807) is 0 Å². The van der Waals surface area contributed by atoms with Crippen LogP contribution in [0.15, 0.2) is 0 Å². The van der Waals surface area contributed by atoms with Gasteiger partial charge in [-0.15, -0.1) is 0 Å². The minimum atomic E-state index is 0.00475. The lowest BCUT2D eigenvalue weighted by molar-refractivity contribution is 0.156. The van der Waals surface area contributed by atoms with Crippen LogP contribution >= 0.6 is 0 Å². The Labute approximate surface area is 82.1 Å². The Morgan fingerprint density at radius 2 is 2.00 bits per heavy atom. The van der Waals surface area contributed by atoms with Crippen LogP contribution in [0.5, 0.6) is 0 Å². The lowest BCUT2D eigenvalue weighted by Gasteiger charge is -2.23. The second kappa shape index (κ2) is 6.35. The number of aliphatic hydroxyl groups excluding tert-OH is 1. The summed E-state index contributed by atoms with van der Waals surface area (Å²) in [5.41, 5.74) is 0.00475. The normalized spacial score (nSPS) is 12.5. The molecule has 0 aliphatic carbocycles. The van der Waals surface area contributed by atoms with Crippen LogP contribution in [0.2, 0.25) is 0 Å². The number of hydrogen-bond donors (Lipinski definition) is 2. The fourth-order valence-corrected chi connectivity index (χ4v) is 0.911. The van der Waals surface area contributed by atoms with E-state index in [2.05, 4.69) is 38.0 Å². The molecular weight excluding hydrogens is 164 g/mol. The Balaban J connectivity index is 3.35. The van der Waals surface area contributed by atoms with Crippen molar-refractivity contribution < 1.29 is 5.11 Å². The van der Waals surface area contributed by atoms with Gasteiger partial charge in [0.25, 0.3) is 0 Å². The highest BCUT2D eigenvalue weighted by molar-refractivity contribution is 4.70. The monoisotopic (exact) mass is 188 g/mol. The molecule has 0 aromatic rings. The first-order chi connectivity index (χ1) is 6.02. The summed E-state index contributed by atoms with van der Waals surface area (Å²) in [7, 11) is 2.11. The Hall–Kier alpha value is -0.120. The van der Waals surface area contributed by atoms with Gasteiger partial charge in [-0.25, -0.2) is 0 Å².